The van der Waals surface area contributed by atoms with E-state index in [1.54, 1.807) is 6.92 Å². The van der Waals surface area contributed by atoms with E-state index in [0.29, 0.717) is 31.1 Å². The molecule has 26 heavy (non-hydrogen) atoms. The standard InChI is InChI=1S/C21H25BrO4/c1-3-5-11-19(21(23)24-4-2)26-20-14-17(22)12-13-18(20)25-15-16-9-7-6-8-10-16/h6-10,12-14,19H,3-5,11,15H2,1-2H3/t19-/m1/s1. The average molecular weight is 421 g/mol. The molecule has 0 N–H and O–H groups in total. The summed E-state index contributed by atoms with van der Waals surface area (Å²) in [5, 5.41) is 0. The van der Waals surface area contributed by atoms with Crippen LogP contribution in [0, 0.1) is 0 Å². The summed E-state index contributed by atoms with van der Waals surface area (Å²) in [7, 11) is 0. The summed E-state index contributed by atoms with van der Waals surface area (Å²) in [5.74, 6) is 0.794. The summed E-state index contributed by atoms with van der Waals surface area (Å²) in [6.45, 7) is 4.64. The largest absolute Gasteiger partial charge is 0.485 e. The third kappa shape index (κ3) is 6.37. The highest BCUT2D eigenvalue weighted by molar-refractivity contribution is 9.10. The number of carbonyl (C=O) groups is 1. The molecule has 0 aliphatic carbocycles. The zero-order valence-electron chi connectivity index (χ0n) is 15.2. The summed E-state index contributed by atoms with van der Waals surface area (Å²) in [4.78, 5) is 12.2. The molecular weight excluding hydrogens is 396 g/mol. The number of benzene rings is 2. The number of carbonyl (C=O) groups excluding carboxylic acids is 1. The van der Waals surface area contributed by atoms with Gasteiger partial charge in [-0.15, -0.1) is 0 Å². The predicted molar refractivity (Wildman–Crippen MR) is 105 cm³/mol. The number of hydrogen-bond donors (Lipinski definition) is 0. The summed E-state index contributed by atoms with van der Waals surface area (Å²) in [6.07, 6.45) is 1.84. The zero-order valence-corrected chi connectivity index (χ0v) is 16.8. The smallest absolute Gasteiger partial charge is 0.347 e. The molecule has 0 saturated carbocycles. The van der Waals surface area contributed by atoms with Gasteiger partial charge in [0, 0.05) is 4.47 Å². The Morgan fingerprint density at radius 2 is 1.85 bits per heavy atom. The Bertz CT molecular complexity index is 688. The first-order chi connectivity index (χ1) is 12.6. The van der Waals surface area contributed by atoms with E-state index < -0.39 is 6.10 Å². The Morgan fingerprint density at radius 1 is 1.08 bits per heavy atom. The van der Waals surface area contributed by atoms with Crippen molar-refractivity contribution in [3.8, 4) is 11.5 Å². The summed E-state index contributed by atoms with van der Waals surface area (Å²) in [6, 6.07) is 15.5. The molecule has 0 aliphatic heterocycles. The zero-order chi connectivity index (χ0) is 18.8. The van der Waals surface area contributed by atoms with E-state index >= 15 is 0 Å². The van der Waals surface area contributed by atoms with E-state index in [2.05, 4.69) is 22.9 Å². The molecule has 5 heteroatoms. The van der Waals surface area contributed by atoms with Crippen molar-refractivity contribution in [2.24, 2.45) is 0 Å². The SMILES string of the molecule is CCCC[C@@H](Oc1cc(Br)ccc1OCc1ccccc1)C(=O)OCC. The lowest BCUT2D eigenvalue weighted by Gasteiger charge is -2.20. The molecule has 0 fully saturated rings. The number of unbranched alkanes of at least 4 members (excludes halogenated alkanes) is 1. The monoisotopic (exact) mass is 420 g/mol. The van der Waals surface area contributed by atoms with Crippen LogP contribution in [0.5, 0.6) is 11.5 Å². The van der Waals surface area contributed by atoms with Gasteiger partial charge in [0.25, 0.3) is 0 Å². The highest BCUT2D eigenvalue weighted by Gasteiger charge is 2.23. The fraction of sp³-hybridized carbons (Fsp3) is 0.381. The van der Waals surface area contributed by atoms with Crippen LogP contribution >= 0.6 is 15.9 Å². The topological polar surface area (TPSA) is 44.8 Å². The van der Waals surface area contributed by atoms with Crippen molar-refractivity contribution in [3.63, 3.8) is 0 Å². The van der Waals surface area contributed by atoms with Gasteiger partial charge in [0.2, 0.25) is 0 Å². The Labute approximate surface area is 163 Å². The molecule has 0 aliphatic rings. The maximum Gasteiger partial charge on any atom is 0.347 e. The Hall–Kier alpha value is -2.01. The van der Waals surface area contributed by atoms with Crippen LogP contribution in [0.2, 0.25) is 0 Å². The van der Waals surface area contributed by atoms with E-state index in [0.717, 1.165) is 22.9 Å². The molecule has 1 atom stereocenters. The Balaban J connectivity index is 2.14. The number of hydrogen-bond acceptors (Lipinski definition) is 4. The minimum absolute atomic E-state index is 0.334. The maximum atomic E-state index is 12.2. The predicted octanol–water partition coefficient (Wildman–Crippen LogP) is 5.53. The molecule has 0 unspecified atom stereocenters. The van der Waals surface area contributed by atoms with Crippen LogP contribution in [0.3, 0.4) is 0 Å². The molecule has 4 nitrogen and oxygen atoms in total. The molecule has 0 heterocycles. The van der Waals surface area contributed by atoms with Crippen molar-refractivity contribution in [3.05, 3.63) is 58.6 Å². The Kier molecular flexibility index (Phi) is 8.48. The molecule has 2 aromatic rings. The van der Waals surface area contributed by atoms with Gasteiger partial charge in [0.1, 0.15) is 6.61 Å². The van der Waals surface area contributed by atoms with Crippen molar-refractivity contribution in [1.82, 2.24) is 0 Å². The first-order valence-electron chi connectivity index (χ1n) is 8.93. The lowest BCUT2D eigenvalue weighted by molar-refractivity contribution is -0.151. The van der Waals surface area contributed by atoms with E-state index in [9.17, 15) is 4.79 Å². The molecule has 2 rings (SSSR count). The third-order valence-electron chi connectivity index (χ3n) is 3.78. The van der Waals surface area contributed by atoms with E-state index in [-0.39, 0.29) is 5.97 Å². The maximum absolute atomic E-state index is 12.2. The molecule has 0 bridgehead atoms. The van der Waals surface area contributed by atoms with Crippen molar-refractivity contribution in [2.45, 2.75) is 45.8 Å². The van der Waals surface area contributed by atoms with Crippen LogP contribution in [0.15, 0.2) is 53.0 Å². The van der Waals surface area contributed by atoms with Crippen molar-refractivity contribution in [1.29, 1.82) is 0 Å². The number of rotatable bonds is 10. The summed E-state index contributed by atoms with van der Waals surface area (Å²) < 4.78 is 17.9. The molecule has 0 saturated heterocycles. The second-order valence-corrected chi connectivity index (χ2v) is 6.78. The fourth-order valence-corrected chi connectivity index (χ4v) is 2.77. The van der Waals surface area contributed by atoms with Crippen molar-refractivity contribution >= 4 is 21.9 Å². The first-order valence-corrected chi connectivity index (χ1v) is 9.72. The van der Waals surface area contributed by atoms with Crippen molar-refractivity contribution in [2.75, 3.05) is 6.61 Å². The first kappa shape index (κ1) is 20.3. The van der Waals surface area contributed by atoms with Crippen LogP contribution in [-0.2, 0) is 16.1 Å². The van der Waals surface area contributed by atoms with Gasteiger partial charge in [-0.05, 0) is 43.5 Å². The fourth-order valence-electron chi connectivity index (χ4n) is 2.43. The lowest BCUT2D eigenvalue weighted by Crippen LogP contribution is -2.29. The van der Waals surface area contributed by atoms with Crippen LogP contribution in [0.1, 0.15) is 38.7 Å². The molecule has 0 amide bonds. The van der Waals surface area contributed by atoms with Crippen LogP contribution < -0.4 is 9.47 Å². The molecule has 0 radical (unpaired) electrons. The Morgan fingerprint density at radius 3 is 2.54 bits per heavy atom. The van der Waals surface area contributed by atoms with Gasteiger partial charge in [-0.3, -0.25) is 0 Å². The highest BCUT2D eigenvalue weighted by atomic mass is 79.9. The van der Waals surface area contributed by atoms with E-state index in [4.69, 9.17) is 14.2 Å². The number of esters is 1. The molecular formula is C21H25BrO4. The minimum atomic E-state index is -0.636. The van der Waals surface area contributed by atoms with Crippen LogP contribution in [0.4, 0.5) is 0 Å². The summed E-state index contributed by atoms with van der Waals surface area (Å²) in [5.41, 5.74) is 1.06. The van der Waals surface area contributed by atoms with Crippen LogP contribution in [-0.4, -0.2) is 18.7 Å². The second kappa shape index (κ2) is 10.9. The second-order valence-electron chi connectivity index (χ2n) is 5.87. The molecule has 140 valence electrons. The molecule has 0 spiro atoms. The summed E-state index contributed by atoms with van der Waals surface area (Å²) >= 11 is 3.45. The number of ether oxygens (including phenoxy) is 3. The van der Waals surface area contributed by atoms with Gasteiger partial charge in [0.15, 0.2) is 17.6 Å². The van der Waals surface area contributed by atoms with Crippen molar-refractivity contribution < 1.29 is 19.0 Å². The van der Waals surface area contributed by atoms with Gasteiger partial charge < -0.3 is 14.2 Å². The average Bonchev–Trinajstić information content (AvgIpc) is 2.65. The quantitative estimate of drug-likeness (QED) is 0.474. The third-order valence-corrected chi connectivity index (χ3v) is 4.27. The highest BCUT2D eigenvalue weighted by Crippen LogP contribution is 2.32. The normalized spacial score (nSPS) is 11.7. The van der Waals surface area contributed by atoms with Crippen LogP contribution in [0.25, 0.3) is 0 Å². The van der Waals surface area contributed by atoms with Gasteiger partial charge >= 0.3 is 5.97 Å². The van der Waals surface area contributed by atoms with Gasteiger partial charge in [-0.25, -0.2) is 4.79 Å². The van der Waals surface area contributed by atoms with Gasteiger partial charge in [0.05, 0.1) is 6.61 Å². The van der Waals surface area contributed by atoms with E-state index in [1.165, 1.54) is 0 Å². The van der Waals surface area contributed by atoms with Gasteiger partial charge in [-0.2, -0.15) is 0 Å². The molecule has 0 aromatic heterocycles. The van der Waals surface area contributed by atoms with Gasteiger partial charge in [-0.1, -0.05) is 59.6 Å². The lowest BCUT2D eigenvalue weighted by atomic mass is 10.1. The minimum Gasteiger partial charge on any atom is -0.485 e. The number of halogens is 1. The molecule has 2 aromatic carbocycles. The van der Waals surface area contributed by atoms with E-state index in [1.807, 2.05) is 48.5 Å².